The first-order chi connectivity index (χ1) is 20.4. The summed E-state index contributed by atoms with van der Waals surface area (Å²) in [5, 5.41) is 41.8. The van der Waals surface area contributed by atoms with Crippen LogP contribution < -0.4 is 14.2 Å². The number of aliphatic hydroxyl groups excluding tert-OH is 2. The molecule has 4 N–H and O–H groups in total. The Labute approximate surface area is 244 Å². The van der Waals surface area contributed by atoms with Crippen molar-refractivity contribution in [2.75, 3.05) is 20.8 Å². The Morgan fingerprint density at radius 2 is 1.88 bits per heavy atom. The predicted molar refractivity (Wildman–Crippen MR) is 157 cm³/mol. The maximum Gasteiger partial charge on any atom is 0.161 e. The first kappa shape index (κ1) is 27.9. The second-order valence-corrected chi connectivity index (χ2v) is 11.0. The predicted octanol–water partition coefficient (Wildman–Crippen LogP) is 4.67. The molecule has 0 unspecified atom stereocenters. The second-order valence-electron chi connectivity index (χ2n) is 11.0. The largest absolute Gasteiger partial charge is 0.508 e. The van der Waals surface area contributed by atoms with E-state index in [0.29, 0.717) is 47.6 Å². The van der Waals surface area contributed by atoms with E-state index in [1.54, 1.807) is 25.4 Å². The van der Waals surface area contributed by atoms with Crippen LogP contribution in [0, 0.1) is 0 Å². The van der Waals surface area contributed by atoms with Crippen molar-refractivity contribution in [2.45, 2.75) is 56.8 Å². The van der Waals surface area contributed by atoms with Crippen LogP contribution in [0.15, 0.2) is 55.1 Å². The molecule has 2 heterocycles. The van der Waals surface area contributed by atoms with E-state index in [9.17, 15) is 20.4 Å². The Bertz CT molecular complexity index is 1580. The number of aliphatic hydroxyl groups is 2. The van der Waals surface area contributed by atoms with Gasteiger partial charge in [-0.05, 0) is 83.7 Å². The van der Waals surface area contributed by atoms with Gasteiger partial charge in [-0.3, -0.25) is 0 Å². The number of hydrogen-bond acceptors (Lipinski definition) is 8. The molecule has 0 radical (unpaired) electrons. The van der Waals surface area contributed by atoms with Gasteiger partial charge in [0.1, 0.15) is 23.4 Å². The summed E-state index contributed by atoms with van der Waals surface area (Å²) in [6.07, 6.45) is 6.84. The number of hydrogen-bond donors (Lipinski definition) is 4. The fraction of sp³-hybridized carbons (Fsp3) is 0.364. The van der Waals surface area contributed by atoms with Crippen LogP contribution in [0.25, 0.3) is 11.1 Å². The smallest absolute Gasteiger partial charge is 0.161 e. The molecule has 3 aromatic carbocycles. The Morgan fingerprint density at radius 3 is 2.62 bits per heavy atom. The second kappa shape index (κ2) is 11.6. The summed E-state index contributed by atoms with van der Waals surface area (Å²) in [6.45, 7) is 0.762. The summed E-state index contributed by atoms with van der Waals surface area (Å²) in [5.74, 6) is 1.97. The molecule has 1 aliphatic carbocycles. The van der Waals surface area contributed by atoms with Gasteiger partial charge in [0.05, 0.1) is 26.7 Å². The molecule has 2 aliphatic rings. The molecule has 42 heavy (non-hydrogen) atoms. The molecule has 0 bridgehead atoms. The minimum atomic E-state index is -0.856. The molecule has 3 atom stereocenters. The quantitative estimate of drug-likeness (QED) is 0.228. The lowest BCUT2D eigenvalue weighted by molar-refractivity contribution is 0.0200. The van der Waals surface area contributed by atoms with Gasteiger partial charge in [0.2, 0.25) is 0 Å². The molecule has 6 rings (SSSR count). The Kier molecular flexibility index (Phi) is 7.70. The molecule has 1 aliphatic heterocycles. The van der Waals surface area contributed by atoms with Gasteiger partial charge in [0.25, 0.3) is 0 Å². The zero-order chi connectivity index (χ0) is 29.4. The van der Waals surface area contributed by atoms with Crippen molar-refractivity contribution in [1.29, 1.82) is 0 Å². The van der Waals surface area contributed by atoms with Gasteiger partial charge in [-0.15, -0.1) is 0 Å². The highest BCUT2D eigenvalue weighted by Gasteiger charge is 2.38. The van der Waals surface area contributed by atoms with Crippen molar-refractivity contribution >= 4 is 0 Å². The van der Waals surface area contributed by atoms with E-state index in [1.165, 1.54) is 7.11 Å². The van der Waals surface area contributed by atoms with E-state index in [-0.39, 0.29) is 24.0 Å². The first-order valence-electron chi connectivity index (χ1n) is 14.3. The number of methoxy groups -OCH3 is 2. The van der Waals surface area contributed by atoms with Crippen LogP contribution in [0.1, 0.15) is 52.7 Å². The van der Waals surface area contributed by atoms with Crippen LogP contribution in [-0.4, -0.2) is 56.9 Å². The van der Waals surface area contributed by atoms with Gasteiger partial charge in [-0.2, -0.15) is 0 Å². The monoisotopic (exact) mass is 572 g/mol. The third-order valence-corrected chi connectivity index (χ3v) is 8.49. The fourth-order valence-corrected chi connectivity index (χ4v) is 6.52. The van der Waals surface area contributed by atoms with Crippen LogP contribution in [0.5, 0.6) is 28.7 Å². The van der Waals surface area contributed by atoms with Crippen molar-refractivity contribution in [1.82, 2.24) is 9.55 Å². The molecule has 9 heteroatoms. The highest BCUT2D eigenvalue weighted by atomic mass is 16.5. The normalized spacial score (nSPS) is 18.9. The van der Waals surface area contributed by atoms with Crippen molar-refractivity contribution in [3.05, 3.63) is 82.9 Å². The third-order valence-electron chi connectivity index (χ3n) is 8.49. The average Bonchev–Trinajstić information content (AvgIpc) is 3.52. The highest BCUT2D eigenvalue weighted by molar-refractivity contribution is 5.83. The van der Waals surface area contributed by atoms with Gasteiger partial charge in [-0.1, -0.05) is 6.07 Å². The van der Waals surface area contributed by atoms with Crippen molar-refractivity contribution < 1.29 is 34.6 Å². The summed E-state index contributed by atoms with van der Waals surface area (Å²) in [5.41, 5.74) is 6.41. The van der Waals surface area contributed by atoms with Gasteiger partial charge < -0.3 is 39.2 Å². The van der Waals surface area contributed by atoms with E-state index in [1.807, 2.05) is 36.8 Å². The molecule has 0 saturated heterocycles. The summed E-state index contributed by atoms with van der Waals surface area (Å²) in [4.78, 5) is 4.18. The molecule has 0 saturated carbocycles. The number of imidazole rings is 1. The van der Waals surface area contributed by atoms with E-state index < -0.39 is 12.2 Å². The molecule has 0 amide bonds. The summed E-state index contributed by atoms with van der Waals surface area (Å²) in [7, 11) is 3.13. The summed E-state index contributed by atoms with van der Waals surface area (Å²) >= 11 is 0. The fourth-order valence-electron chi connectivity index (χ4n) is 6.52. The number of rotatable bonds is 9. The number of aryl methyl sites for hydroxylation is 2. The van der Waals surface area contributed by atoms with Crippen LogP contribution >= 0.6 is 0 Å². The molecule has 1 aromatic heterocycles. The molecular formula is C33H36N2O7. The number of phenols is 2. The van der Waals surface area contributed by atoms with Gasteiger partial charge in [0, 0.05) is 49.2 Å². The van der Waals surface area contributed by atoms with Gasteiger partial charge >= 0.3 is 0 Å². The summed E-state index contributed by atoms with van der Waals surface area (Å²) < 4.78 is 20.0. The van der Waals surface area contributed by atoms with E-state index in [4.69, 9.17) is 14.2 Å². The van der Waals surface area contributed by atoms with E-state index in [0.717, 1.165) is 47.2 Å². The van der Waals surface area contributed by atoms with Gasteiger partial charge in [-0.25, -0.2) is 4.98 Å². The molecule has 9 nitrogen and oxygen atoms in total. The third kappa shape index (κ3) is 5.03. The Balaban J connectivity index is 1.44. The summed E-state index contributed by atoms with van der Waals surface area (Å²) in [6, 6.07) is 10.9. The van der Waals surface area contributed by atoms with Crippen LogP contribution in [0.2, 0.25) is 0 Å². The Hall–Kier alpha value is -4.21. The number of fused-ring (bicyclic) bond motifs is 5. The maximum atomic E-state index is 11.6. The highest BCUT2D eigenvalue weighted by Crippen LogP contribution is 2.53. The van der Waals surface area contributed by atoms with E-state index in [2.05, 4.69) is 9.55 Å². The topological polar surface area (TPSA) is 126 Å². The van der Waals surface area contributed by atoms with Gasteiger partial charge in [0.15, 0.2) is 11.5 Å². The number of phenolic OH excluding ortho intramolecular Hbond substituents is 2. The molecule has 0 spiro atoms. The van der Waals surface area contributed by atoms with Crippen LogP contribution in [-0.2, 0) is 25.8 Å². The van der Waals surface area contributed by atoms with Crippen LogP contribution in [0.4, 0.5) is 0 Å². The molecule has 0 fully saturated rings. The minimum absolute atomic E-state index is 0.00240. The van der Waals surface area contributed by atoms with Crippen molar-refractivity contribution in [2.24, 2.45) is 0 Å². The lowest BCUT2D eigenvalue weighted by Gasteiger charge is -2.37. The molecule has 220 valence electrons. The molecule has 4 aromatic rings. The van der Waals surface area contributed by atoms with Crippen LogP contribution in [0.3, 0.4) is 0 Å². The van der Waals surface area contributed by atoms with Crippen molar-refractivity contribution in [3.8, 4) is 39.9 Å². The first-order valence-corrected chi connectivity index (χ1v) is 14.3. The number of nitrogens with zero attached hydrogens (tertiary/aromatic N) is 2. The zero-order valence-electron chi connectivity index (χ0n) is 23.8. The number of aromatic hydroxyl groups is 2. The lowest BCUT2D eigenvalue weighted by Crippen LogP contribution is -2.32. The number of benzene rings is 3. The van der Waals surface area contributed by atoms with E-state index >= 15 is 0 Å². The maximum absolute atomic E-state index is 11.6. The SMILES string of the molecule is COc1cc([C@H]2Oc3cc(OC)c4c(c3C[C@H]2O)[C@@H](CCn2ccnc2)Cc2cc(O)ccc2-4)cc(CCCO)c1O. The zero-order valence-corrected chi connectivity index (χ0v) is 23.8. The number of aromatic nitrogens is 2. The average molecular weight is 573 g/mol. The number of ether oxygens (including phenoxy) is 3. The Morgan fingerprint density at radius 1 is 1.05 bits per heavy atom. The standard InChI is InChI=1S/C33H36N2O7/c1-40-28-17-27-25(16-26(38)33(42-27)22-13-20(4-3-11-36)32(39)29(15-22)41-2)30-19(7-9-35-10-8-34-18-35)12-21-14-23(37)5-6-24(21)31(28)30/h5-6,8,10,13-15,17-19,26,33,36-39H,3-4,7,9,11-12,16H2,1-2H3/t19-,26+,33+/m0/s1. The minimum Gasteiger partial charge on any atom is -0.508 e. The molecular weight excluding hydrogens is 536 g/mol. The van der Waals surface area contributed by atoms with Crippen molar-refractivity contribution in [3.63, 3.8) is 0 Å². The lowest BCUT2D eigenvalue weighted by atomic mass is 9.73.